The largest absolute Gasteiger partial charge is 0.468 e. The van der Waals surface area contributed by atoms with E-state index in [0.29, 0.717) is 5.75 Å². The van der Waals surface area contributed by atoms with Crippen molar-refractivity contribution in [2.24, 2.45) is 7.05 Å². The molecule has 21 heavy (non-hydrogen) atoms. The number of hydrogen-bond donors (Lipinski definition) is 0. The van der Waals surface area contributed by atoms with Gasteiger partial charge in [0.05, 0.1) is 12.9 Å². The van der Waals surface area contributed by atoms with E-state index in [1.54, 1.807) is 16.7 Å². The van der Waals surface area contributed by atoms with Crippen LogP contribution in [0.4, 0.5) is 0 Å². The Morgan fingerprint density at radius 3 is 2.95 bits per heavy atom. The molecule has 1 unspecified atom stereocenters. The number of ether oxygens (including phenoxy) is 1. The molecule has 1 atom stereocenters. The first-order chi connectivity index (χ1) is 10.1. The molecule has 1 aromatic carbocycles. The minimum absolute atomic E-state index is 0.00375. The van der Waals surface area contributed by atoms with Crippen molar-refractivity contribution in [3.8, 4) is 0 Å². The molecular formula is C15H16N2O3S. The second-order valence-electron chi connectivity index (χ2n) is 4.97. The maximum Gasteiger partial charge on any atom is 0.325 e. The van der Waals surface area contributed by atoms with Crippen LogP contribution in [0.2, 0.25) is 0 Å². The molecule has 5 nitrogen and oxygen atoms in total. The molecule has 1 aromatic heterocycles. The highest BCUT2D eigenvalue weighted by Gasteiger charge is 2.35. The molecule has 0 aliphatic carbocycles. The first-order valence-corrected chi connectivity index (χ1v) is 7.68. The summed E-state index contributed by atoms with van der Waals surface area (Å²) in [4.78, 5) is 25.2. The number of aryl methyl sites for hydroxylation is 1. The first-order valence-electron chi connectivity index (χ1n) is 6.63. The van der Waals surface area contributed by atoms with E-state index in [0.717, 1.165) is 16.5 Å². The van der Waals surface area contributed by atoms with Crippen LogP contribution in [-0.2, 0) is 21.4 Å². The molecule has 1 aliphatic heterocycles. The van der Waals surface area contributed by atoms with E-state index in [9.17, 15) is 9.59 Å². The van der Waals surface area contributed by atoms with Gasteiger partial charge in [-0.05, 0) is 6.07 Å². The van der Waals surface area contributed by atoms with Crippen LogP contribution in [-0.4, -0.2) is 40.8 Å². The minimum atomic E-state index is -0.393. The zero-order valence-electron chi connectivity index (χ0n) is 11.9. The maximum atomic E-state index is 12.0. The van der Waals surface area contributed by atoms with Crippen LogP contribution in [0.25, 0.3) is 10.9 Å². The van der Waals surface area contributed by atoms with Crippen molar-refractivity contribution in [3.63, 3.8) is 0 Å². The minimum Gasteiger partial charge on any atom is -0.468 e. The Hall–Kier alpha value is -1.95. The van der Waals surface area contributed by atoms with Gasteiger partial charge in [-0.25, -0.2) is 0 Å². The lowest BCUT2D eigenvalue weighted by Gasteiger charge is -2.22. The molecular weight excluding hydrogens is 288 g/mol. The topological polar surface area (TPSA) is 51.5 Å². The molecule has 0 N–H and O–H groups in total. The zero-order chi connectivity index (χ0) is 15.0. The highest BCUT2D eigenvalue weighted by atomic mass is 32.2. The third kappa shape index (κ3) is 2.40. The molecule has 0 radical (unpaired) electrons. The summed E-state index contributed by atoms with van der Waals surface area (Å²) in [6.07, 6.45) is 2.03. The van der Waals surface area contributed by atoms with Crippen molar-refractivity contribution >= 4 is 34.5 Å². The van der Waals surface area contributed by atoms with Gasteiger partial charge in [0, 0.05) is 29.7 Å². The lowest BCUT2D eigenvalue weighted by atomic mass is 10.1. The summed E-state index contributed by atoms with van der Waals surface area (Å²) >= 11 is 1.55. The third-order valence-corrected chi connectivity index (χ3v) is 4.93. The highest BCUT2D eigenvalue weighted by Crippen LogP contribution is 2.41. The third-order valence-electron chi connectivity index (χ3n) is 3.69. The predicted molar refractivity (Wildman–Crippen MR) is 81.8 cm³/mol. The van der Waals surface area contributed by atoms with Crippen molar-refractivity contribution in [1.82, 2.24) is 9.47 Å². The average molecular weight is 304 g/mol. The normalized spacial score (nSPS) is 18.5. The van der Waals surface area contributed by atoms with Crippen LogP contribution < -0.4 is 0 Å². The van der Waals surface area contributed by atoms with E-state index in [1.807, 2.05) is 42.1 Å². The lowest BCUT2D eigenvalue weighted by Crippen LogP contribution is -2.33. The van der Waals surface area contributed by atoms with E-state index in [-0.39, 0.29) is 17.8 Å². The Labute approximate surface area is 126 Å². The van der Waals surface area contributed by atoms with Gasteiger partial charge in [0.15, 0.2) is 0 Å². The van der Waals surface area contributed by atoms with Gasteiger partial charge in [0.25, 0.3) is 0 Å². The highest BCUT2D eigenvalue weighted by molar-refractivity contribution is 8.00. The molecule has 1 aliphatic rings. The number of para-hydroxylation sites is 1. The van der Waals surface area contributed by atoms with Gasteiger partial charge >= 0.3 is 5.97 Å². The van der Waals surface area contributed by atoms with Crippen LogP contribution >= 0.6 is 11.8 Å². The van der Waals surface area contributed by atoms with Gasteiger partial charge in [-0.3, -0.25) is 9.59 Å². The smallest absolute Gasteiger partial charge is 0.325 e. The number of hydrogen-bond acceptors (Lipinski definition) is 4. The fraction of sp³-hybridized carbons (Fsp3) is 0.333. The first kappa shape index (κ1) is 14.0. The molecule has 6 heteroatoms. The summed E-state index contributed by atoms with van der Waals surface area (Å²) in [6, 6.07) is 8.07. The summed E-state index contributed by atoms with van der Waals surface area (Å²) in [5.41, 5.74) is 2.18. The molecule has 0 bridgehead atoms. The Bertz CT molecular complexity index is 710. The molecule has 2 aromatic rings. The van der Waals surface area contributed by atoms with Crippen molar-refractivity contribution in [3.05, 3.63) is 36.0 Å². The van der Waals surface area contributed by atoms with Gasteiger partial charge in [-0.15, -0.1) is 11.8 Å². The van der Waals surface area contributed by atoms with E-state index in [1.165, 1.54) is 7.11 Å². The number of nitrogens with zero attached hydrogens (tertiary/aromatic N) is 2. The Balaban J connectivity index is 2.01. The van der Waals surface area contributed by atoms with E-state index >= 15 is 0 Å². The lowest BCUT2D eigenvalue weighted by molar-refractivity contribution is -0.146. The second-order valence-corrected chi connectivity index (χ2v) is 6.04. The number of benzene rings is 1. The number of carbonyl (C=O) groups excluding carboxylic acids is 2. The number of amides is 1. The average Bonchev–Trinajstić information content (AvgIpc) is 3.01. The molecule has 1 saturated heterocycles. The van der Waals surface area contributed by atoms with Gasteiger partial charge in [-0.1, -0.05) is 18.2 Å². The van der Waals surface area contributed by atoms with Crippen molar-refractivity contribution in [2.75, 3.05) is 19.4 Å². The number of thioether (sulfide) groups is 1. The van der Waals surface area contributed by atoms with Crippen molar-refractivity contribution < 1.29 is 14.3 Å². The van der Waals surface area contributed by atoms with Gasteiger partial charge in [0.1, 0.15) is 11.9 Å². The van der Waals surface area contributed by atoms with Gasteiger partial charge in [-0.2, -0.15) is 0 Å². The molecule has 1 amide bonds. The summed E-state index contributed by atoms with van der Waals surface area (Å²) in [5.74, 6) is -0.0235. The fourth-order valence-corrected chi connectivity index (χ4v) is 3.86. The van der Waals surface area contributed by atoms with Crippen molar-refractivity contribution in [1.29, 1.82) is 0 Å². The quantitative estimate of drug-likeness (QED) is 0.813. The van der Waals surface area contributed by atoms with E-state index in [4.69, 9.17) is 4.74 Å². The number of esters is 1. The molecule has 3 rings (SSSR count). The standard InChI is InChI=1S/C15H16N2O3S/c1-16-7-11(10-5-3-4-6-12(10)16)15-17(8-14(19)20-2)13(18)9-21-15/h3-7,15H,8-9H2,1-2H3. The number of rotatable bonds is 3. The van der Waals surface area contributed by atoms with Crippen molar-refractivity contribution in [2.45, 2.75) is 5.37 Å². The SMILES string of the molecule is COC(=O)CN1C(=O)CSC1c1cn(C)c2ccccc12. The molecule has 0 spiro atoms. The number of carbonyl (C=O) groups is 2. The van der Waals surface area contributed by atoms with Gasteiger partial charge < -0.3 is 14.2 Å². The summed E-state index contributed by atoms with van der Waals surface area (Å²) in [6.45, 7) is -0.00375. The van der Waals surface area contributed by atoms with Crippen LogP contribution in [0.3, 0.4) is 0 Å². The van der Waals surface area contributed by atoms with Crippen LogP contribution in [0.5, 0.6) is 0 Å². The zero-order valence-corrected chi connectivity index (χ0v) is 12.7. The molecule has 110 valence electrons. The van der Waals surface area contributed by atoms with Crippen LogP contribution in [0, 0.1) is 0 Å². The van der Waals surface area contributed by atoms with Crippen LogP contribution in [0.15, 0.2) is 30.5 Å². The van der Waals surface area contributed by atoms with E-state index < -0.39 is 5.97 Å². The fourth-order valence-electron chi connectivity index (χ4n) is 2.66. The van der Waals surface area contributed by atoms with Crippen LogP contribution in [0.1, 0.15) is 10.9 Å². The maximum absolute atomic E-state index is 12.0. The van der Waals surface area contributed by atoms with E-state index in [2.05, 4.69) is 0 Å². The predicted octanol–water partition coefficient (Wildman–Crippen LogP) is 1.93. The van der Waals surface area contributed by atoms with Gasteiger partial charge in [0.2, 0.25) is 5.91 Å². The monoisotopic (exact) mass is 304 g/mol. The molecule has 1 fully saturated rings. The Morgan fingerprint density at radius 1 is 1.43 bits per heavy atom. The number of aromatic nitrogens is 1. The summed E-state index contributed by atoms with van der Waals surface area (Å²) in [5, 5.41) is 0.977. The molecule has 0 saturated carbocycles. The Morgan fingerprint density at radius 2 is 2.19 bits per heavy atom. The second kappa shape index (κ2) is 5.44. The number of fused-ring (bicyclic) bond motifs is 1. The number of methoxy groups -OCH3 is 1. The molecule has 2 heterocycles. The Kier molecular flexibility index (Phi) is 3.63. The summed E-state index contributed by atoms with van der Waals surface area (Å²) < 4.78 is 6.74. The summed E-state index contributed by atoms with van der Waals surface area (Å²) in [7, 11) is 3.32.